The van der Waals surface area contributed by atoms with Gasteiger partial charge in [-0.25, -0.2) is 0 Å². The number of ether oxygens (including phenoxy) is 1. The zero-order chi connectivity index (χ0) is 18.9. The molecule has 142 valence electrons. The van der Waals surface area contributed by atoms with Crippen molar-refractivity contribution < 1.29 is 14.6 Å². The lowest BCUT2D eigenvalue weighted by Gasteiger charge is -2.19. The summed E-state index contributed by atoms with van der Waals surface area (Å²) in [7, 11) is 0. The van der Waals surface area contributed by atoms with E-state index in [4.69, 9.17) is 4.74 Å². The highest BCUT2D eigenvalue weighted by Gasteiger charge is 2.22. The van der Waals surface area contributed by atoms with E-state index in [-0.39, 0.29) is 18.6 Å². The lowest BCUT2D eigenvalue weighted by atomic mass is 9.98. The average molecular weight is 376 g/mol. The molecule has 1 aromatic heterocycles. The zero-order valence-corrected chi connectivity index (χ0v) is 16.6. The van der Waals surface area contributed by atoms with Crippen molar-refractivity contribution in [3.8, 4) is 5.75 Å². The maximum atomic E-state index is 12.6. The predicted octanol–water partition coefficient (Wildman–Crippen LogP) is 4.52. The summed E-state index contributed by atoms with van der Waals surface area (Å²) in [6, 6.07) is 11.3. The van der Waals surface area contributed by atoms with Crippen LogP contribution in [0.25, 0.3) is 0 Å². The van der Waals surface area contributed by atoms with Crippen LogP contribution in [0.2, 0.25) is 0 Å². The molecule has 0 aliphatic rings. The van der Waals surface area contributed by atoms with E-state index in [0.717, 1.165) is 29.0 Å². The Labute approximate surface area is 160 Å². The van der Waals surface area contributed by atoms with Crippen LogP contribution in [0.15, 0.2) is 41.8 Å². The number of aliphatic hydroxyl groups excluding tert-OH is 1. The fraction of sp³-hybridized carbons (Fsp3) is 0.476. The highest BCUT2D eigenvalue weighted by atomic mass is 32.1. The van der Waals surface area contributed by atoms with Crippen molar-refractivity contribution in [2.75, 3.05) is 13.2 Å². The van der Waals surface area contributed by atoms with E-state index in [9.17, 15) is 9.90 Å². The van der Waals surface area contributed by atoms with Crippen LogP contribution >= 0.6 is 11.3 Å². The van der Waals surface area contributed by atoms with Gasteiger partial charge in [-0.15, -0.1) is 11.3 Å². The number of hydrogen-bond acceptors (Lipinski definition) is 4. The van der Waals surface area contributed by atoms with Gasteiger partial charge in [-0.3, -0.25) is 4.79 Å². The second-order valence-electron chi connectivity index (χ2n) is 6.75. The Hall–Kier alpha value is -1.85. The lowest BCUT2D eigenvalue weighted by Crippen LogP contribution is -2.33. The molecule has 0 spiro atoms. The van der Waals surface area contributed by atoms with Crippen molar-refractivity contribution in [1.82, 2.24) is 5.32 Å². The fourth-order valence-corrected chi connectivity index (χ4v) is 3.61. The van der Waals surface area contributed by atoms with Crippen LogP contribution in [0.1, 0.15) is 56.0 Å². The number of carbonyl (C=O) groups is 1. The van der Waals surface area contributed by atoms with Crippen molar-refractivity contribution in [2.24, 2.45) is 5.92 Å². The first kappa shape index (κ1) is 20.5. The monoisotopic (exact) mass is 375 g/mol. The van der Waals surface area contributed by atoms with Crippen LogP contribution in [0.4, 0.5) is 0 Å². The first-order valence-corrected chi connectivity index (χ1v) is 10.1. The summed E-state index contributed by atoms with van der Waals surface area (Å²) in [6.45, 7) is 6.77. The van der Waals surface area contributed by atoms with Crippen LogP contribution in [0, 0.1) is 5.92 Å². The highest BCUT2D eigenvalue weighted by molar-refractivity contribution is 7.10. The number of thiophene rings is 1. The molecule has 0 aliphatic carbocycles. The molecule has 0 bridgehead atoms. The smallest absolute Gasteiger partial charge is 0.230 e. The minimum absolute atomic E-state index is 0.0702. The van der Waals surface area contributed by atoms with Crippen LogP contribution in [-0.2, 0) is 4.79 Å². The molecule has 1 unspecified atom stereocenters. The Morgan fingerprint density at radius 2 is 1.96 bits per heavy atom. The van der Waals surface area contributed by atoms with Gasteiger partial charge in [-0.05, 0) is 48.4 Å². The Morgan fingerprint density at radius 1 is 1.23 bits per heavy atom. The van der Waals surface area contributed by atoms with Crippen molar-refractivity contribution in [3.05, 3.63) is 52.2 Å². The van der Waals surface area contributed by atoms with Gasteiger partial charge < -0.3 is 15.2 Å². The second kappa shape index (κ2) is 10.3. The van der Waals surface area contributed by atoms with Crippen molar-refractivity contribution in [1.29, 1.82) is 0 Å². The topological polar surface area (TPSA) is 58.6 Å². The molecule has 2 aromatic rings. The molecule has 26 heavy (non-hydrogen) atoms. The quantitative estimate of drug-likeness (QED) is 0.642. The third-order valence-electron chi connectivity index (χ3n) is 4.43. The predicted molar refractivity (Wildman–Crippen MR) is 107 cm³/mol. The molecule has 0 saturated carbocycles. The minimum Gasteiger partial charge on any atom is -0.493 e. The van der Waals surface area contributed by atoms with Crippen LogP contribution in [0.5, 0.6) is 5.75 Å². The van der Waals surface area contributed by atoms with E-state index in [1.54, 1.807) is 11.3 Å². The van der Waals surface area contributed by atoms with Gasteiger partial charge in [-0.2, -0.15) is 0 Å². The van der Waals surface area contributed by atoms with Gasteiger partial charge >= 0.3 is 0 Å². The number of rotatable bonds is 10. The largest absolute Gasteiger partial charge is 0.493 e. The summed E-state index contributed by atoms with van der Waals surface area (Å²) < 4.78 is 5.80. The van der Waals surface area contributed by atoms with Crippen LogP contribution in [-0.4, -0.2) is 24.2 Å². The molecular weight excluding hydrogens is 346 g/mol. The number of benzene rings is 1. The molecule has 2 N–H and O–H groups in total. The molecule has 5 heteroatoms. The summed E-state index contributed by atoms with van der Waals surface area (Å²) >= 11 is 1.61. The first-order valence-electron chi connectivity index (χ1n) is 9.22. The van der Waals surface area contributed by atoms with Crippen molar-refractivity contribution in [3.63, 3.8) is 0 Å². The SMILES string of the molecule is CCCC(C)COc1ccc([C@@H](CO)C(=O)N[C@H](C)c2cccs2)cc1. The summed E-state index contributed by atoms with van der Waals surface area (Å²) in [6.07, 6.45) is 2.30. The maximum absolute atomic E-state index is 12.6. The number of aliphatic hydroxyl groups is 1. The van der Waals surface area contributed by atoms with E-state index in [0.29, 0.717) is 12.5 Å². The fourth-order valence-electron chi connectivity index (χ4n) is 2.87. The van der Waals surface area contributed by atoms with Gasteiger partial charge in [0.05, 0.1) is 25.2 Å². The summed E-state index contributed by atoms with van der Waals surface area (Å²) in [5.41, 5.74) is 0.789. The van der Waals surface area contributed by atoms with E-state index >= 15 is 0 Å². The summed E-state index contributed by atoms with van der Waals surface area (Å²) in [4.78, 5) is 13.7. The van der Waals surface area contributed by atoms with Gasteiger partial charge in [0.25, 0.3) is 0 Å². The molecule has 0 radical (unpaired) electrons. The second-order valence-corrected chi connectivity index (χ2v) is 7.73. The van der Waals surface area contributed by atoms with Crippen LogP contribution < -0.4 is 10.1 Å². The molecule has 0 saturated heterocycles. The minimum atomic E-state index is -0.578. The third kappa shape index (κ3) is 5.85. The van der Waals surface area contributed by atoms with Gasteiger partial charge in [0.1, 0.15) is 5.75 Å². The summed E-state index contributed by atoms with van der Waals surface area (Å²) in [5, 5.41) is 14.7. The number of hydrogen-bond donors (Lipinski definition) is 2. The Bertz CT molecular complexity index is 654. The molecule has 0 fully saturated rings. The van der Waals surface area contributed by atoms with E-state index in [1.165, 1.54) is 0 Å². The number of nitrogens with one attached hydrogen (secondary N) is 1. The standard InChI is InChI=1S/C21H29NO3S/c1-4-6-15(2)14-25-18-10-8-17(9-11-18)19(13-23)21(24)22-16(3)20-7-5-12-26-20/h5,7-12,15-16,19,23H,4,6,13-14H2,1-3H3,(H,22,24)/t15?,16-,19-/m1/s1. The molecule has 1 amide bonds. The molecule has 2 rings (SSSR count). The maximum Gasteiger partial charge on any atom is 0.230 e. The van der Waals surface area contributed by atoms with Gasteiger partial charge in [0.15, 0.2) is 0 Å². The van der Waals surface area contributed by atoms with Crippen molar-refractivity contribution in [2.45, 2.75) is 45.6 Å². The van der Waals surface area contributed by atoms with E-state index in [1.807, 2.05) is 48.7 Å². The van der Waals surface area contributed by atoms with Crippen LogP contribution in [0.3, 0.4) is 0 Å². The molecule has 0 aliphatic heterocycles. The molecule has 3 atom stereocenters. The molecule has 1 aromatic carbocycles. The molecular formula is C21H29NO3S. The molecule has 1 heterocycles. The summed E-state index contributed by atoms with van der Waals surface area (Å²) in [5.74, 6) is 0.569. The van der Waals surface area contributed by atoms with Gasteiger partial charge in [0, 0.05) is 4.88 Å². The first-order chi connectivity index (χ1) is 12.5. The van der Waals surface area contributed by atoms with Gasteiger partial charge in [-0.1, -0.05) is 38.5 Å². The lowest BCUT2D eigenvalue weighted by molar-refractivity contribution is -0.124. The normalized spacial score (nSPS) is 14.5. The Balaban J connectivity index is 1.95. The Morgan fingerprint density at radius 3 is 2.54 bits per heavy atom. The Kier molecular flexibility index (Phi) is 8.13. The van der Waals surface area contributed by atoms with E-state index < -0.39 is 5.92 Å². The zero-order valence-electron chi connectivity index (χ0n) is 15.8. The average Bonchev–Trinajstić information content (AvgIpc) is 3.17. The van der Waals surface area contributed by atoms with Crippen molar-refractivity contribution >= 4 is 17.2 Å². The highest BCUT2D eigenvalue weighted by Crippen LogP contribution is 2.23. The number of amides is 1. The number of carbonyl (C=O) groups excluding carboxylic acids is 1. The molecule has 4 nitrogen and oxygen atoms in total. The van der Waals surface area contributed by atoms with E-state index in [2.05, 4.69) is 19.2 Å². The third-order valence-corrected chi connectivity index (χ3v) is 5.48. The van der Waals surface area contributed by atoms with Gasteiger partial charge in [0.2, 0.25) is 5.91 Å².